The van der Waals surface area contributed by atoms with Crippen LogP contribution in [0.25, 0.3) is 0 Å². The number of carbonyl (C=O) groups excluding carboxylic acids is 1. The molecular formula is C15H21NO3. The summed E-state index contributed by atoms with van der Waals surface area (Å²) in [6.07, 6.45) is 0.947. The van der Waals surface area contributed by atoms with Gasteiger partial charge in [-0.3, -0.25) is 9.59 Å². The number of benzene rings is 1. The number of carbonyl (C=O) groups is 2. The maximum absolute atomic E-state index is 12.2. The maximum atomic E-state index is 12.2. The van der Waals surface area contributed by atoms with Gasteiger partial charge in [0.15, 0.2) is 0 Å². The summed E-state index contributed by atoms with van der Waals surface area (Å²) in [7, 11) is 0. The van der Waals surface area contributed by atoms with Crippen LogP contribution in [0.5, 0.6) is 0 Å². The van der Waals surface area contributed by atoms with Gasteiger partial charge >= 0.3 is 5.97 Å². The molecule has 0 radical (unpaired) electrons. The molecule has 4 heteroatoms. The number of aliphatic carboxylic acids is 1. The fourth-order valence-corrected chi connectivity index (χ4v) is 1.73. The van der Waals surface area contributed by atoms with Crippen molar-refractivity contribution in [3.8, 4) is 0 Å². The molecule has 104 valence electrons. The van der Waals surface area contributed by atoms with Crippen LogP contribution in [0, 0.1) is 0 Å². The second kappa shape index (κ2) is 5.87. The van der Waals surface area contributed by atoms with Crippen molar-refractivity contribution in [2.24, 2.45) is 0 Å². The summed E-state index contributed by atoms with van der Waals surface area (Å²) in [5, 5.41) is 11.3. The van der Waals surface area contributed by atoms with Crippen molar-refractivity contribution in [1.82, 2.24) is 5.32 Å². The van der Waals surface area contributed by atoms with Crippen molar-refractivity contribution in [1.29, 1.82) is 0 Å². The van der Waals surface area contributed by atoms with E-state index in [-0.39, 0.29) is 5.91 Å². The third-order valence-corrected chi connectivity index (χ3v) is 3.37. The average molecular weight is 263 g/mol. The van der Waals surface area contributed by atoms with Crippen molar-refractivity contribution in [3.63, 3.8) is 0 Å². The first-order valence-corrected chi connectivity index (χ1v) is 6.42. The number of carboxylic acids is 1. The van der Waals surface area contributed by atoms with Crippen LogP contribution >= 0.6 is 0 Å². The second-order valence-electron chi connectivity index (χ2n) is 5.21. The SMILES string of the molecule is CCc1ccc(C(C)(C)C(=O)N[C@H](C)C(=O)O)cc1. The summed E-state index contributed by atoms with van der Waals surface area (Å²) in [6.45, 7) is 7.10. The highest BCUT2D eigenvalue weighted by atomic mass is 16.4. The number of hydrogen-bond donors (Lipinski definition) is 2. The zero-order chi connectivity index (χ0) is 14.6. The van der Waals surface area contributed by atoms with Crippen LogP contribution in [0.1, 0.15) is 38.8 Å². The molecule has 1 atom stereocenters. The number of rotatable bonds is 5. The first kappa shape index (κ1) is 15.2. The van der Waals surface area contributed by atoms with Gasteiger partial charge in [-0.2, -0.15) is 0 Å². The Morgan fingerprint density at radius 2 is 1.79 bits per heavy atom. The summed E-state index contributed by atoms with van der Waals surface area (Å²) >= 11 is 0. The van der Waals surface area contributed by atoms with Gasteiger partial charge in [0.2, 0.25) is 5.91 Å². The largest absolute Gasteiger partial charge is 0.480 e. The third-order valence-electron chi connectivity index (χ3n) is 3.37. The van der Waals surface area contributed by atoms with Crippen molar-refractivity contribution in [2.45, 2.75) is 45.6 Å². The molecule has 0 aliphatic carbocycles. The second-order valence-corrected chi connectivity index (χ2v) is 5.21. The molecule has 0 bridgehead atoms. The van der Waals surface area contributed by atoms with E-state index < -0.39 is 17.4 Å². The minimum absolute atomic E-state index is 0.286. The molecule has 1 amide bonds. The van der Waals surface area contributed by atoms with E-state index in [9.17, 15) is 9.59 Å². The van der Waals surface area contributed by atoms with Gasteiger partial charge in [-0.05, 0) is 38.3 Å². The zero-order valence-corrected chi connectivity index (χ0v) is 11.9. The smallest absolute Gasteiger partial charge is 0.325 e. The van der Waals surface area contributed by atoms with Crippen LogP contribution in [0.4, 0.5) is 0 Å². The lowest BCUT2D eigenvalue weighted by Gasteiger charge is -2.25. The summed E-state index contributed by atoms with van der Waals surface area (Å²) in [5.41, 5.74) is 1.33. The van der Waals surface area contributed by atoms with E-state index in [4.69, 9.17) is 5.11 Å². The molecule has 0 spiro atoms. The Bertz CT molecular complexity index is 463. The lowest BCUT2D eigenvalue weighted by atomic mass is 9.83. The summed E-state index contributed by atoms with van der Waals surface area (Å²) < 4.78 is 0. The Labute approximate surface area is 113 Å². The molecule has 0 saturated heterocycles. The molecule has 0 fully saturated rings. The molecule has 0 aliphatic heterocycles. The number of carboxylic acid groups (broad SMARTS) is 1. The van der Waals surface area contributed by atoms with Gasteiger partial charge in [0.25, 0.3) is 0 Å². The predicted octanol–water partition coefficient (Wildman–Crippen LogP) is 2.12. The number of amides is 1. The lowest BCUT2D eigenvalue weighted by molar-refractivity contribution is -0.142. The van der Waals surface area contributed by atoms with Gasteiger partial charge < -0.3 is 10.4 Å². The van der Waals surface area contributed by atoms with Gasteiger partial charge in [0.05, 0.1) is 5.41 Å². The summed E-state index contributed by atoms with van der Waals surface area (Å²) in [5.74, 6) is -1.32. The lowest BCUT2D eigenvalue weighted by Crippen LogP contribution is -2.47. The Morgan fingerprint density at radius 1 is 1.26 bits per heavy atom. The van der Waals surface area contributed by atoms with E-state index in [1.165, 1.54) is 12.5 Å². The minimum Gasteiger partial charge on any atom is -0.480 e. The first-order chi connectivity index (χ1) is 8.78. The molecule has 0 saturated carbocycles. The molecule has 1 aromatic rings. The van der Waals surface area contributed by atoms with E-state index in [0.717, 1.165) is 12.0 Å². The van der Waals surface area contributed by atoms with Crippen molar-refractivity contribution in [2.75, 3.05) is 0 Å². The van der Waals surface area contributed by atoms with Gasteiger partial charge in [0, 0.05) is 0 Å². The van der Waals surface area contributed by atoms with Gasteiger partial charge in [-0.1, -0.05) is 31.2 Å². The van der Waals surface area contributed by atoms with Crippen molar-refractivity contribution >= 4 is 11.9 Å². The normalized spacial score (nSPS) is 12.8. The van der Waals surface area contributed by atoms with E-state index in [1.807, 2.05) is 24.3 Å². The number of hydrogen-bond acceptors (Lipinski definition) is 2. The van der Waals surface area contributed by atoms with E-state index in [0.29, 0.717) is 0 Å². The quantitative estimate of drug-likeness (QED) is 0.855. The maximum Gasteiger partial charge on any atom is 0.325 e. The molecule has 1 rings (SSSR count). The van der Waals surface area contributed by atoms with Crippen LogP contribution < -0.4 is 5.32 Å². The van der Waals surface area contributed by atoms with E-state index >= 15 is 0 Å². The van der Waals surface area contributed by atoms with Gasteiger partial charge in [0.1, 0.15) is 6.04 Å². The highest BCUT2D eigenvalue weighted by Gasteiger charge is 2.31. The van der Waals surface area contributed by atoms with Crippen LogP contribution in [-0.4, -0.2) is 23.0 Å². The Balaban J connectivity index is 2.89. The average Bonchev–Trinajstić information content (AvgIpc) is 2.38. The first-order valence-electron chi connectivity index (χ1n) is 6.42. The van der Waals surface area contributed by atoms with Gasteiger partial charge in [-0.15, -0.1) is 0 Å². The minimum atomic E-state index is -1.04. The monoisotopic (exact) mass is 263 g/mol. The van der Waals surface area contributed by atoms with Crippen LogP contribution in [0.2, 0.25) is 0 Å². The third kappa shape index (κ3) is 3.56. The molecule has 0 aromatic heterocycles. The van der Waals surface area contributed by atoms with Crippen molar-refractivity contribution in [3.05, 3.63) is 35.4 Å². The molecule has 4 nitrogen and oxygen atoms in total. The number of nitrogens with one attached hydrogen (secondary N) is 1. The molecule has 2 N–H and O–H groups in total. The van der Waals surface area contributed by atoms with Crippen molar-refractivity contribution < 1.29 is 14.7 Å². The van der Waals surface area contributed by atoms with Crippen LogP contribution in [0.3, 0.4) is 0 Å². The topological polar surface area (TPSA) is 66.4 Å². The molecule has 0 unspecified atom stereocenters. The fourth-order valence-electron chi connectivity index (χ4n) is 1.73. The Hall–Kier alpha value is -1.84. The highest BCUT2D eigenvalue weighted by Crippen LogP contribution is 2.24. The molecular weight excluding hydrogens is 242 g/mol. The van der Waals surface area contributed by atoms with Gasteiger partial charge in [-0.25, -0.2) is 0 Å². The summed E-state index contributed by atoms with van der Waals surface area (Å²) in [6, 6.07) is 6.94. The van der Waals surface area contributed by atoms with E-state index in [2.05, 4.69) is 12.2 Å². The zero-order valence-electron chi connectivity index (χ0n) is 11.9. The Morgan fingerprint density at radius 3 is 2.21 bits per heavy atom. The molecule has 0 aliphatic rings. The molecule has 19 heavy (non-hydrogen) atoms. The van der Waals surface area contributed by atoms with Crippen LogP contribution in [-0.2, 0) is 21.4 Å². The molecule has 1 aromatic carbocycles. The van der Waals surface area contributed by atoms with E-state index in [1.54, 1.807) is 13.8 Å². The Kier molecular flexibility index (Phi) is 4.70. The molecule has 0 heterocycles. The fraction of sp³-hybridized carbons (Fsp3) is 0.467. The van der Waals surface area contributed by atoms with Crippen LogP contribution in [0.15, 0.2) is 24.3 Å². The number of aryl methyl sites for hydroxylation is 1. The summed E-state index contributed by atoms with van der Waals surface area (Å²) in [4.78, 5) is 22.9. The predicted molar refractivity (Wildman–Crippen MR) is 74.1 cm³/mol. The highest BCUT2D eigenvalue weighted by molar-refractivity contribution is 5.90. The standard InChI is InChI=1S/C15H21NO3/c1-5-11-6-8-12(9-7-11)15(3,4)14(19)16-10(2)13(17)18/h6-10H,5H2,1-4H3,(H,16,19)(H,17,18)/t10-/m1/s1.